The molecule has 2 aliphatic heterocycles. The minimum absolute atomic E-state index is 0.656. The number of fused-ring (bicyclic) bond motifs is 2. The average molecular weight is 139 g/mol. The van der Waals surface area contributed by atoms with Crippen LogP contribution in [-0.2, 0) is 4.74 Å². The standard InChI is InChI=1S/C8H13NO/c1-3-7-8(10-7)4-2-6-5(1)9-6/h5-9H,1-4H2. The van der Waals surface area contributed by atoms with Gasteiger partial charge in [0.05, 0.1) is 12.2 Å². The number of rotatable bonds is 0. The van der Waals surface area contributed by atoms with Gasteiger partial charge in [-0.15, -0.1) is 0 Å². The molecule has 0 aromatic rings. The van der Waals surface area contributed by atoms with Gasteiger partial charge in [-0.05, 0) is 25.7 Å². The zero-order valence-corrected chi connectivity index (χ0v) is 6.05. The second-order valence-corrected chi connectivity index (χ2v) is 3.75. The van der Waals surface area contributed by atoms with Crippen LogP contribution < -0.4 is 5.32 Å². The normalized spacial score (nSPS) is 57.6. The monoisotopic (exact) mass is 139 g/mol. The molecule has 0 amide bonds. The molecule has 2 saturated heterocycles. The first kappa shape index (κ1) is 5.56. The molecule has 3 fully saturated rings. The largest absolute Gasteiger partial charge is 0.370 e. The predicted octanol–water partition coefficient (Wildman–Crippen LogP) is 0.668. The Balaban J connectivity index is 1.67. The van der Waals surface area contributed by atoms with Gasteiger partial charge in [0.25, 0.3) is 0 Å². The van der Waals surface area contributed by atoms with Crippen LogP contribution in [0.2, 0.25) is 0 Å². The SMILES string of the molecule is C1CC2OC2CCC2NC12. The van der Waals surface area contributed by atoms with Gasteiger partial charge in [0.1, 0.15) is 0 Å². The lowest BCUT2D eigenvalue weighted by Gasteiger charge is -1.99. The molecule has 1 N–H and O–H groups in total. The van der Waals surface area contributed by atoms with Crippen LogP contribution in [0.15, 0.2) is 0 Å². The number of hydrogen-bond donors (Lipinski definition) is 1. The Labute approximate surface area is 60.9 Å². The van der Waals surface area contributed by atoms with E-state index in [0.717, 1.165) is 12.1 Å². The number of nitrogens with one attached hydrogen (secondary N) is 1. The van der Waals surface area contributed by atoms with Crippen molar-refractivity contribution < 1.29 is 4.74 Å². The molecule has 56 valence electrons. The minimum atomic E-state index is 0.656. The molecule has 0 spiro atoms. The summed E-state index contributed by atoms with van der Waals surface area (Å²) in [6, 6.07) is 1.73. The molecule has 10 heavy (non-hydrogen) atoms. The molecule has 1 saturated carbocycles. The van der Waals surface area contributed by atoms with Crippen molar-refractivity contribution in [3.8, 4) is 0 Å². The molecule has 3 rings (SSSR count). The van der Waals surface area contributed by atoms with Gasteiger partial charge in [0.15, 0.2) is 0 Å². The maximum atomic E-state index is 5.48. The molecular formula is C8H13NO. The van der Waals surface area contributed by atoms with Crippen LogP contribution in [0.1, 0.15) is 25.7 Å². The lowest BCUT2D eigenvalue weighted by molar-refractivity contribution is 0.355. The average Bonchev–Trinajstić information content (AvgIpc) is 2.70. The van der Waals surface area contributed by atoms with Gasteiger partial charge < -0.3 is 10.1 Å². The summed E-state index contributed by atoms with van der Waals surface area (Å²) in [5, 5.41) is 3.50. The predicted molar refractivity (Wildman–Crippen MR) is 37.8 cm³/mol. The summed E-state index contributed by atoms with van der Waals surface area (Å²) < 4.78 is 5.48. The van der Waals surface area contributed by atoms with Crippen molar-refractivity contribution in [1.29, 1.82) is 0 Å². The highest BCUT2D eigenvalue weighted by molar-refractivity contribution is 5.03. The minimum Gasteiger partial charge on any atom is -0.370 e. The molecule has 3 aliphatic rings. The van der Waals surface area contributed by atoms with E-state index in [0.29, 0.717) is 12.2 Å². The second-order valence-electron chi connectivity index (χ2n) is 3.75. The van der Waals surface area contributed by atoms with Crippen molar-refractivity contribution in [3.63, 3.8) is 0 Å². The summed E-state index contributed by atoms with van der Waals surface area (Å²) >= 11 is 0. The Bertz CT molecular complexity index is 125. The third-order valence-electron chi connectivity index (χ3n) is 3.02. The fourth-order valence-electron chi connectivity index (χ4n) is 2.16. The van der Waals surface area contributed by atoms with Crippen molar-refractivity contribution in [1.82, 2.24) is 5.32 Å². The summed E-state index contributed by atoms with van der Waals surface area (Å²) in [6.45, 7) is 0. The van der Waals surface area contributed by atoms with Gasteiger partial charge in [-0.1, -0.05) is 0 Å². The summed E-state index contributed by atoms with van der Waals surface area (Å²) in [5.41, 5.74) is 0. The molecule has 0 bridgehead atoms. The summed E-state index contributed by atoms with van der Waals surface area (Å²) in [7, 11) is 0. The van der Waals surface area contributed by atoms with Gasteiger partial charge in [0, 0.05) is 12.1 Å². The first-order chi connectivity index (χ1) is 4.93. The van der Waals surface area contributed by atoms with E-state index in [9.17, 15) is 0 Å². The molecule has 2 heterocycles. The highest BCUT2D eigenvalue weighted by Gasteiger charge is 2.46. The van der Waals surface area contributed by atoms with Gasteiger partial charge in [-0.25, -0.2) is 0 Å². The molecular weight excluding hydrogens is 126 g/mol. The van der Waals surface area contributed by atoms with Gasteiger partial charge >= 0.3 is 0 Å². The summed E-state index contributed by atoms with van der Waals surface area (Å²) in [4.78, 5) is 0. The van der Waals surface area contributed by atoms with Crippen molar-refractivity contribution in [3.05, 3.63) is 0 Å². The maximum absolute atomic E-state index is 5.48. The third-order valence-corrected chi connectivity index (χ3v) is 3.02. The Morgan fingerprint density at radius 3 is 2.10 bits per heavy atom. The Hall–Kier alpha value is -0.0800. The van der Waals surface area contributed by atoms with E-state index in [1.165, 1.54) is 25.7 Å². The van der Waals surface area contributed by atoms with Crippen LogP contribution in [0.5, 0.6) is 0 Å². The molecule has 0 aromatic heterocycles. The zero-order chi connectivity index (χ0) is 6.55. The van der Waals surface area contributed by atoms with Gasteiger partial charge in [0.2, 0.25) is 0 Å². The van der Waals surface area contributed by atoms with Crippen LogP contribution in [-0.4, -0.2) is 24.3 Å². The quantitative estimate of drug-likeness (QED) is 0.500. The first-order valence-corrected chi connectivity index (χ1v) is 4.35. The number of hydrogen-bond acceptors (Lipinski definition) is 2. The first-order valence-electron chi connectivity index (χ1n) is 4.35. The summed E-state index contributed by atoms with van der Waals surface area (Å²) in [6.07, 6.45) is 6.63. The molecule has 4 unspecified atom stereocenters. The molecule has 2 heteroatoms. The fourth-order valence-corrected chi connectivity index (χ4v) is 2.16. The van der Waals surface area contributed by atoms with Gasteiger partial charge in [-0.2, -0.15) is 0 Å². The smallest absolute Gasteiger partial charge is 0.0842 e. The van der Waals surface area contributed by atoms with Gasteiger partial charge in [-0.3, -0.25) is 0 Å². The van der Waals surface area contributed by atoms with E-state index in [1.54, 1.807) is 0 Å². The molecule has 0 aromatic carbocycles. The van der Waals surface area contributed by atoms with Crippen LogP contribution in [0.4, 0.5) is 0 Å². The Morgan fingerprint density at radius 2 is 1.50 bits per heavy atom. The summed E-state index contributed by atoms with van der Waals surface area (Å²) in [5.74, 6) is 0. The maximum Gasteiger partial charge on any atom is 0.0842 e. The fraction of sp³-hybridized carbons (Fsp3) is 1.00. The zero-order valence-electron chi connectivity index (χ0n) is 6.05. The second kappa shape index (κ2) is 1.74. The molecule has 2 nitrogen and oxygen atoms in total. The third kappa shape index (κ3) is 0.789. The highest BCUT2D eigenvalue weighted by Crippen LogP contribution is 2.37. The number of epoxide rings is 1. The Morgan fingerprint density at radius 1 is 0.900 bits per heavy atom. The topological polar surface area (TPSA) is 34.5 Å². The molecule has 0 radical (unpaired) electrons. The molecule has 4 atom stereocenters. The van der Waals surface area contributed by atoms with E-state index in [2.05, 4.69) is 5.32 Å². The van der Waals surface area contributed by atoms with E-state index in [1.807, 2.05) is 0 Å². The Kier molecular flexibility index (Phi) is 0.968. The van der Waals surface area contributed by atoms with Crippen molar-refractivity contribution in [2.45, 2.75) is 50.0 Å². The van der Waals surface area contributed by atoms with Crippen LogP contribution >= 0.6 is 0 Å². The lowest BCUT2D eigenvalue weighted by Crippen LogP contribution is -2.04. The van der Waals surface area contributed by atoms with E-state index >= 15 is 0 Å². The van der Waals surface area contributed by atoms with Crippen LogP contribution in [0.25, 0.3) is 0 Å². The van der Waals surface area contributed by atoms with Crippen LogP contribution in [0.3, 0.4) is 0 Å². The lowest BCUT2D eigenvalue weighted by atomic mass is 10.0. The van der Waals surface area contributed by atoms with Crippen molar-refractivity contribution in [2.75, 3.05) is 0 Å². The van der Waals surface area contributed by atoms with E-state index in [-0.39, 0.29) is 0 Å². The van der Waals surface area contributed by atoms with E-state index < -0.39 is 0 Å². The molecule has 1 aliphatic carbocycles. The van der Waals surface area contributed by atoms with Crippen molar-refractivity contribution in [2.24, 2.45) is 0 Å². The number of ether oxygens (including phenoxy) is 1. The highest BCUT2D eigenvalue weighted by atomic mass is 16.6. The van der Waals surface area contributed by atoms with E-state index in [4.69, 9.17) is 4.74 Å². The van der Waals surface area contributed by atoms with Crippen LogP contribution in [0, 0.1) is 0 Å². The van der Waals surface area contributed by atoms with Crippen molar-refractivity contribution >= 4 is 0 Å².